The summed E-state index contributed by atoms with van der Waals surface area (Å²) in [6, 6.07) is 9.49. The number of aromatic nitrogens is 3. The number of benzene rings is 1. The van der Waals surface area contributed by atoms with Gasteiger partial charge < -0.3 is 14.6 Å². The fourth-order valence-electron chi connectivity index (χ4n) is 3.05. The minimum absolute atomic E-state index is 0.0440. The fourth-order valence-corrected chi connectivity index (χ4v) is 3.05. The molecule has 0 unspecified atom stereocenters. The molecule has 1 aliphatic rings. The number of H-pyrrole nitrogens is 1. The number of anilines is 1. The maximum atomic E-state index is 12.8. The molecule has 134 valence electrons. The Labute approximate surface area is 155 Å². The predicted molar refractivity (Wildman–Crippen MR) is 101 cm³/mol. The third-order valence-electron chi connectivity index (χ3n) is 4.46. The second kappa shape index (κ2) is 7.40. The lowest BCUT2D eigenvalue weighted by Crippen LogP contribution is -2.37. The van der Waals surface area contributed by atoms with Crippen molar-refractivity contribution in [1.29, 1.82) is 5.26 Å². The molecular formula is C20H17N5O2. The smallest absolute Gasteiger partial charge is 0.225 e. The van der Waals surface area contributed by atoms with Crippen molar-refractivity contribution in [2.75, 3.05) is 31.2 Å². The number of aromatic amines is 1. The van der Waals surface area contributed by atoms with Gasteiger partial charge in [-0.05, 0) is 12.1 Å². The van der Waals surface area contributed by atoms with Crippen LogP contribution in [0.1, 0.15) is 15.9 Å². The van der Waals surface area contributed by atoms with E-state index >= 15 is 0 Å². The molecule has 3 heterocycles. The highest BCUT2D eigenvalue weighted by Gasteiger charge is 2.17. The summed E-state index contributed by atoms with van der Waals surface area (Å²) in [6.07, 6.45) is 6.40. The van der Waals surface area contributed by atoms with Crippen molar-refractivity contribution in [3.63, 3.8) is 0 Å². The average molecular weight is 359 g/mol. The molecule has 1 aromatic carbocycles. The van der Waals surface area contributed by atoms with Crippen LogP contribution in [0.3, 0.4) is 0 Å². The molecule has 7 heteroatoms. The van der Waals surface area contributed by atoms with Gasteiger partial charge in [-0.2, -0.15) is 5.26 Å². The zero-order chi connectivity index (χ0) is 18.6. The van der Waals surface area contributed by atoms with Gasteiger partial charge in [0, 0.05) is 53.7 Å². The number of para-hydroxylation sites is 1. The first-order valence-corrected chi connectivity index (χ1v) is 8.63. The SMILES string of the molecule is N#C/C(=C\c1cnc(N2CCOCC2)nc1)C(=O)c1c[nH]c2ccccc12. The maximum Gasteiger partial charge on any atom is 0.225 e. The van der Waals surface area contributed by atoms with Crippen LogP contribution in [-0.4, -0.2) is 47.0 Å². The van der Waals surface area contributed by atoms with Gasteiger partial charge in [0.15, 0.2) is 0 Å². The van der Waals surface area contributed by atoms with Crippen LogP contribution in [0.15, 0.2) is 48.4 Å². The quantitative estimate of drug-likeness (QED) is 0.437. The van der Waals surface area contributed by atoms with E-state index in [0.29, 0.717) is 30.3 Å². The maximum absolute atomic E-state index is 12.8. The molecule has 0 bridgehead atoms. The monoisotopic (exact) mass is 359 g/mol. The summed E-state index contributed by atoms with van der Waals surface area (Å²) in [5.41, 5.74) is 1.99. The van der Waals surface area contributed by atoms with E-state index < -0.39 is 0 Å². The number of hydrogen-bond donors (Lipinski definition) is 1. The minimum atomic E-state index is -0.327. The van der Waals surface area contributed by atoms with Gasteiger partial charge in [0.1, 0.15) is 11.6 Å². The van der Waals surface area contributed by atoms with Crippen molar-refractivity contribution in [2.45, 2.75) is 0 Å². The molecule has 0 spiro atoms. The Kier molecular flexibility index (Phi) is 4.64. The summed E-state index contributed by atoms with van der Waals surface area (Å²) in [7, 11) is 0. The number of morpholine rings is 1. The van der Waals surface area contributed by atoms with Crippen molar-refractivity contribution in [2.24, 2.45) is 0 Å². The molecule has 27 heavy (non-hydrogen) atoms. The third-order valence-corrected chi connectivity index (χ3v) is 4.46. The minimum Gasteiger partial charge on any atom is -0.378 e. The number of hydrogen-bond acceptors (Lipinski definition) is 6. The van der Waals surface area contributed by atoms with Gasteiger partial charge >= 0.3 is 0 Å². The number of carbonyl (C=O) groups is 1. The average Bonchev–Trinajstić information content (AvgIpc) is 3.17. The van der Waals surface area contributed by atoms with Gasteiger partial charge in [-0.25, -0.2) is 9.97 Å². The second-order valence-electron chi connectivity index (χ2n) is 6.16. The molecule has 7 nitrogen and oxygen atoms in total. The summed E-state index contributed by atoms with van der Waals surface area (Å²) in [4.78, 5) is 26.6. The highest BCUT2D eigenvalue weighted by molar-refractivity contribution is 6.19. The van der Waals surface area contributed by atoms with Crippen molar-refractivity contribution in [3.8, 4) is 6.07 Å². The summed E-state index contributed by atoms with van der Waals surface area (Å²) in [5.74, 6) is 0.295. The molecule has 0 amide bonds. The van der Waals surface area contributed by atoms with Crippen LogP contribution in [0.4, 0.5) is 5.95 Å². The molecule has 1 N–H and O–H groups in total. The van der Waals surface area contributed by atoms with Crippen LogP contribution in [0.2, 0.25) is 0 Å². The molecule has 0 saturated carbocycles. The van der Waals surface area contributed by atoms with Gasteiger partial charge in [-0.15, -0.1) is 0 Å². The highest BCUT2D eigenvalue weighted by atomic mass is 16.5. The van der Waals surface area contributed by atoms with Gasteiger partial charge in [0.2, 0.25) is 11.7 Å². The number of ketones is 1. The van der Waals surface area contributed by atoms with Crippen molar-refractivity contribution in [3.05, 3.63) is 59.6 Å². The molecule has 2 aromatic heterocycles. The lowest BCUT2D eigenvalue weighted by atomic mass is 10.0. The number of ether oxygens (including phenoxy) is 1. The number of nitrogens with one attached hydrogen (secondary N) is 1. The van der Waals surface area contributed by atoms with E-state index in [9.17, 15) is 10.1 Å². The number of nitriles is 1. The van der Waals surface area contributed by atoms with Crippen LogP contribution in [0.25, 0.3) is 17.0 Å². The predicted octanol–water partition coefficient (Wildman–Crippen LogP) is 2.58. The summed E-state index contributed by atoms with van der Waals surface area (Å²) in [5, 5.41) is 10.3. The van der Waals surface area contributed by atoms with E-state index in [4.69, 9.17) is 4.74 Å². The van der Waals surface area contributed by atoms with Crippen LogP contribution >= 0.6 is 0 Å². The Morgan fingerprint density at radius 1 is 1.22 bits per heavy atom. The molecular weight excluding hydrogens is 342 g/mol. The van der Waals surface area contributed by atoms with Gasteiger partial charge in [0.25, 0.3) is 0 Å². The Morgan fingerprint density at radius 3 is 2.70 bits per heavy atom. The number of carbonyl (C=O) groups excluding carboxylic acids is 1. The van der Waals surface area contributed by atoms with E-state index in [2.05, 4.69) is 15.0 Å². The molecule has 3 aromatic rings. The van der Waals surface area contributed by atoms with Crippen LogP contribution in [-0.2, 0) is 4.74 Å². The van der Waals surface area contributed by atoms with E-state index in [0.717, 1.165) is 24.0 Å². The molecule has 1 aliphatic heterocycles. The highest BCUT2D eigenvalue weighted by Crippen LogP contribution is 2.21. The van der Waals surface area contributed by atoms with Crippen LogP contribution < -0.4 is 4.90 Å². The Morgan fingerprint density at radius 2 is 1.96 bits per heavy atom. The Bertz CT molecular complexity index is 1040. The van der Waals surface area contributed by atoms with Gasteiger partial charge in [-0.3, -0.25) is 4.79 Å². The van der Waals surface area contributed by atoms with Crippen molar-refractivity contribution >= 4 is 28.7 Å². The molecule has 1 fully saturated rings. The topological polar surface area (TPSA) is 94.9 Å². The third kappa shape index (κ3) is 3.43. The van der Waals surface area contributed by atoms with Crippen LogP contribution in [0.5, 0.6) is 0 Å². The first kappa shape index (κ1) is 16.9. The van der Waals surface area contributed by atoms with Crippen molar-refractivity contribution in [1.82, 2.24) is 15.0 Å². The summed E-state index contributed by atoms with van der Waals surface area (Å²) < 4.78 is 5.32. The zero-order valence-electron chi connectivity index (χ0n) is 14.6. The number of fused-ring (bicyclic) bond motifs is 1. The molecule has 0 radical (unpaired) electrons. The largest absolute Gasteiger partial charge is 0.378 e. The second-order valence-corrected chi connectivity index (χ2v) is 6.16. The lowest BCUT2D eigenvalue weighted by molar-refractivity contribution is 0.104. The number of nitrogens with zero attached hydrogens (tertiary/aromatic N) is 4. The zero-order valence-corrected chi connectivity index (χ0v) is 14.6. The lowest BCUT2D eigenvalue weighted by Gasteiger charge is -2.26. The number of rotatable bonds is 4. The molecule has 0 aliphatic carbocycles. The van der Waals surface area contributed by atoms with E-state index in [1.807, 2.05) is 35.2 Å². The van der Waals surface area contributed by atoms with Gasteiger partial charge in [-0.1, -0.05) is 18.2 Å². The van der Waals surface area contributed by atoms with Gasteiger partial charge in [0.05, 0.1) is 13.2 Å². The first-order valence-electron chi connectivity index (χ1n) is 8.63. The number of Topliss-reactive ketones (excluding diaryl/α,β-unsaturated/α-hetero) is 1. The van der Waals surface area contributed by atoms with Crippen molar-refractivity contribution < 1.29 is 9.53 Å². The van der Waals surface area contributed by atoms with E-state index in [-0.39, 0.29) is 11.4 Å². The summed E-state index contributed by atoms with van der Waals surface area (Å²) in [6.45, 7) is 2.81. The molecule has 4 rings (SSSR count). The Hall–Kier alpha value is -3.50. The van der Waals surface area contributed by atoms with E-state index in [1.54, 1.807) is 18.6 Å². The molecule has 0 atom stereocenters. The number of allylic oxidation sites excluding steroid dienone is 1. The standard InChI is InChI=1S/C20H17N5O2/c21-10-15(19(26)17-13-22-18-4-2-1-3-16(17)18)9-14-11-23-20(24-12-14)25-5-7-27-8-6-25/h1-4,9,11-13,22H,5-8H2/b15-9+. The molecule has 1 saturated heterocycles. The fraction of sp³-hybridized carbons (Fsp3) is 0.200. The normalized spacial score (nSPS) is 14.9. The Balaban J connectivity index is 1.59. The van der Waals surface area contributed by atoms with E-state index in [1.165, 1.54) is 6.08 Å². The van der Waals surface area contributed by atoms with Crippen LogP contribution in [0, 0.1) is 11.3 Å². The summed E-state index contributed by atoms with van der Waals surface area (Å²) >= 11 is 0. The first-order chi connectivity index (χ1) is 13.3.